The van der Waals surface area contributed by atoms with Crippen molar-refractivity contribution in [3.63, 3.8) is 0 Å². The van der Waals surface area contributed by atoms with Gasteiger partial charge in [-0.1, -0.05) is 0 Å². The number of thiophene rings is 1. The van der Waals surface area contributed by atoms with E-state index in [1.807, 2.05) is 5.38 Å². The lowest BCUT2D eigenvalue weighted by Crippen LogP contribution is -1.72. The number of aromatic nitrogens is 2. The SMILES string of the molecule is Cc1ccsc1-c1nc(Cl)ns1. The molecule has 2 rings (SSSR count). The van der Waals surface area contributed by atoms with Gasteiger partial charge in [-0.2, -0.15) is 4.37 Å². The van der Waals surface area contributed by atoms with Crippen LogP contribution < -0.4 is 0 Å². The third-order valence-electron chi connectivity index (χ3n) is 1.46. The third kappa shape index (κ3) is 1.37. The molecule has 2 aromatic heterocycles. The molecule has 0 radical (unpaired) electrons. The molecule has 0 spiro atoms. The molecule has 12 heavy (non-hydrogen) atoms. The van der Waals surface area contributed by atoms with Crippen LogP contribution in [-0.2, 0) is 0 Å². The van der Waals surface area contributed by atoms with Crippen LogP contribution in [0.3, 0.4) is 0 Å². The van der Waals surface area contributed by atoms with E-state index in [0.29, 0.717) is 5.28 Å². The number of nitrogens with zero attached hydrogens (tertiary/aromatic N) is 2. The highest BCUT2D eigenvalue weighted by molar-refractivity contribution is 7.18. The van der Waals surface area contributed by atoms with Crippen LogP contribution >= 0.6 is 34.5 Å². The van der Waals surface area contributed by atoms with Crippen molar-refractivity contribution in [2.75, 3.05) is 0 Å². The molecule has 2 nitrogen and oxygen atoms in total. The van der Waals surface area contributed by atoms with Crippen LogP contribution in [0.25, 0.3) is 9.88 Å². The van der Waals surface area contributed by atoms with Crippen molar-refractivity contribution in [2.45, 2.75) is 6.92 Å². The Bertz CT molecular complexity index is 394. The summed E-state index contributed by atoms with van der Waals surface area (Å²) in [6.07, 6.45) is 0. The lowest BCUT2D eigenvalue weighted by Gasteiger charge is -1.89. The van der Waals surface area contributed by atoms with Crippen molar-refractivity contribution in [3.8, 4) is 9.88 Å². The summed E-state index contributed by atoms with van der Waals surface area (Å²) in [5.74, 6) is 0. The van der Waals surface area contributed by atoms with Gasteiger partial charge in [-0.25, -0.2) is 4.98 Å². The van der Waals surface area contributed by atoms with Crippen molar-refractivity contribution in [3.05, 3.63) is 22.3 Å². The Balaban J connectivity index is 2.50. The normalized spacial score (nSPS) is 10.5. The molecule has 62 valence electrons. The van der Waals surface area contributed by atoms with Crippen LogP contribution in [0, 0.1) is 6.92 Å². The van der Waals surface area contributed by atoms with Gasteiger partial charge in [0.15, 0.2) is 5.01 Å². The molecule has 0 saturated carbocycles. The van der Waals surface area contributed by atoms with Gasteiger partial charge in [0.25, 0.3) is 0 Å². The van der Waals surface area contributed by atoms with Crippen LogP contribution in [0.4, 0.5) is 0 Å². The second-order valence-electron chi connectivity index (χ2n) is 2.30. The number of halogens is 1. The minimum atomic E-state index is 0.336. The minimum absolute atomic E-state index is 0.336. The molecule has 5 heteroatoms. The van der Waals surface area contributed by atoms with Crippen molar-refractivity contribution in [1.29, 1.82) is 0 Å². The van der Waals surface area contributed by atoms with E-state index in [1.165, 1.54) is 22.0 Å². The second-order valence-corrected chi connectivity index (χ2v) is 4.31. The lowest BCUT2D eigenvalue weighted by atomic mass is 10.3. The number of hydrogen-bond donors (Lipinski definition) is 0. The molecule has 2 heterocycles. The Morgan fingerprint density at radius 1 is 1.50 bits per heavy atom. The highest BCUT2D eigenvalue weighted by Gasteiger charge is 2.08. The molecular weight excluding hydrogens is 212 g/mol. The Labute approximate surface area is 83.0 Å². The predicted molar refractivity (Wildman–Crippen MR) is 53.0 cm³/mol. The summed E-state index contributed by atoms with van der Waals surface area (Å²) in [5, 5.41) is 3.29. The molecule has 2 aromatic rings. The van der Waals surface area contributed by atoms with Gasteiger partial charge in [-0.05, 0) is 47.1 Å². The largest absolute Gasteiger partial charge is 0.234 e. The van der Waals surface area contributed by atoms with E-state index in [4.69, 9.17) is 11.6 Å². The van der Waals surface area contributed by atoms with Gasteiger partial charge in [0, 0.05) is 0 Å². The van der Waals surface area contributed by atoms with Crippen molar-refractivity contribution < 1.29 is 0 Å². The highest BCUT2D eigenvalue weighted by atomic mass is 35.5. The first-order valence-corrected chi connectivity index (χ1v) is 5.34. The van der Waals surface area contributed by atoms with Crippen LogP contribution in [-0.4, -0.2) is 9.36 Å². The summed E-state index contributed by atoms with van der Waals surface area (Å²) in [6, 6.07) is 2.06. The third-order valence-corrected chi connectivity index (χ3v) is 3.61. The summed E-state index contributed by atoms with van der Waals surface area (Å²) >= 11 is 8.63. The first kappa shape index (κ1) is 8.16. The van der Waals surface area contributed by atoms with Gasteiger partial charge in [0.2, 0.25) is 5.28 Å². The molecule has 0 aliphatic rings. The molecule has 0 aliphatic carbocycles. The molecule has 0 saturated heterocycles. The Hall–Kier alpha value is -0.450. The molecule has 0 aromatic carbocycles. The van der Waals surface area contributed by atoms with E-state index < -0.39 is 0 Å². The summed E-state index contributed by atoms with van der Waals surface area (Å²) in [4.78, 5) is 5.26. The fourth-order valence-electron chi connectivity index (χ4n) is 0.890. The maximum Gasteiger partial charge on any atom is 0.234 e. The van der Waals surface area contributed by atoms with Crippen LogP contribution in [0.2, 0.25) is 5.28 Å². The minimum Gasteiger partial charge on any atom is -0.204 e. The zero-order valence-electron chi connectivity index (χ0n) is 6.24. The van der Waals surface area contributed by atoms with E-state index in [2.05, 4.69) is 22.3 Å². The molecule has 0 fully saturated rings. The van der Waals surface area contributed by atoms with Gasteiger partial charge >= 0.3 is 0 Å². The average Bonchev–Trinajstić information content (AvgIpc) is 2.58. The molecule has 0 aliphatic heterocycles. The number of rotatable bonds is 1. The van der Waals surface area contributed by atoms with Gasteiger partial charge in [-0.3, -0.25) is 0 Å². The van der Waals surface area contributed by atoms with Crippen molar-refractivity contribution in [1.82, 2.24) is 9.36 Å². The highest BCUT2D eigenvalue weighted by Crippen LogP contribution is 2.30. The number of hydrogen-bond acceptors (Lipinski definition) is 4. The van der Waals surface area contributed by atoms with Gasteiger partial charge in [-0.15, -0.1) is 11.3 Å². The van der Waals surface area contributed by atoms with E-state index >= 15 is 0 Å². The van der Waals surface area contributed by atoms with Crippen molar-refractivity contribution in [2.24, 2.45) is 0 Å². The number of aryl methyl sites for hydroxylation is 1. The zero-order chi connectivity index (χ0) is 8.55. The average molecular weight is 217 g/mol. The standard InChI is InChI=1S/C7H5ClN2S2/c1-4-2-3-11-5(4)6-9-7(8)10-12-6/h2-3H,1H3. The zero-order valence-corrected chi connectivity index (χ0v) is 8.63. The van der Waals surface area contributed by atoms with Crippen molar-refractivity contribution >= 4 is 34.5 Å². The van der Waals surface area contributed by atoms with Gasteiger partial charge in [0.1, 0.15) is 0 Å². The lowest BCUT2D eigenvalue weighted by molar-refractivity contribution is 1.33. The molecule has 0 unspecified atom stereocenters. The van der Waals surface area contributed by atoms with Gasteiger partial charge in [0.05, 0.1) is 4.88 Å². The molecule has 0 N–H and O–H groups in total. The maximum absolute atomic E-state index is 5.62. The Morgan fingerprint density at radius 3 is 2.83 bits per heavy atom. The smallest absolute Gasteiger partial charge is 0.204 e. The first-order valence-electron chi connectivity index (χ1n) is 3.31. The summed E-state index contributed by atoms with van der Waals surface area (Å²) in [5.41, 5.74) is 1.23. The molecule has 0 atom stereocenters. The topological polar surface area (TPSA) is 25.8 Å². The predicted octanol–water partition coefficient (Wildman–Crippen LogP) is 3.23. The summed E-state index contributed by atoms with van der Waals surface area (Å²) < 4.78 is 3.92. The first-order chi connectivity index (χ1) is 5.77. The fraction of sp³-hybridized carbons (Fsp3) is 0.143. The van der Waals surface area contributed by atoms with Crippen LogP contribution in [0.15, 0.2) is 11.4 Å². The van der Waals surface area contributed by atoms with E-state index in [0.717, 1.165) is 5.01 Å². The maximum atomic E-state index is 5.62. The van der Waals surface area contributed by atoms with Gasteiger partial charge < -0.3 is 0 Å². The molecule has 0 amide bonds. The molecular formula is C7H5ClN2S2. The van der Waals surface area contributed by atoms with E-state index in [9.17, 15) is 0 Å². The quantitative estimate of drug-likeness (QED) is 0.732. The molecule has 0 bridgehead atoms. The summed E-state index contributed by atoms with van der Waals surface area (Å²) in [6.45, 7) is 2.06. The summed E-state index contributed by atoms with van der Waals surface area (Å²) in [7, 11) is 0. The van der Waals surface area contributed by atoms with Crippen LogP contribution in [0.1, 0.15) is 5.56 Å². The van der Waals surface area contributed by atoms with E-state index in [1.54, 1.807) is 11.3 Å². The fourth-order valence-corrected chi connectivity index (χ4v) is 2.77. The Kier molecular flexibility index (Phi) is 2.12. The monoisotopic (exact) mass is 216 g/mol. The van der Waals surface area contributed by atoms with Crippen LogP contribution in [0.5, 0.6) is 0 Å². The second kappa shape index (κ2) is 3.12. The van der Waals surface area contributed by atoms with E-state index in [-0.39, 0.29) is 0 Å². The Morgan fingerprint density at radius 2 is 2.33 bits per heavy atom.